The number of ether oxygens (including phenoxy) is 2. The van der Waals surface area contributed by atoms with E-state index >= 15 is 0 Å². The SMILES string of the molecule is COC(=O)[C@H](Cc1cc(=O)oc2cc(OC)ccc12)NC(=O)[C@H](Cc1ccc(F)cc1)NC(C)=O. The summed E-state index contributed by atoms with van der Waals surface area (Å²) in [6.07, 6.45) is -0.00653. The maximum atomic E-state index is 13.2. The number of rotatable bonds is 9. The lowest BCUT2D eigenvalue weighted by atomic mass is 10.0. The van der Waals surface area contributed by atoms with Crippen LogP contribution in [0.4, 0.5) is 4.39 Å². The molecular formula is C25H25FN2O7. The highest BCUT2D eigenvalue weighted by Gasteiger charge is 2.28. The van der Waals surface area contributed by atoms with Crippen molar-refractivity contribution >= 4 is 28.8 Å². The van der Waals surface area contributed by atoms with E-state index in [9.17, 15) is 23.6 Å². The van der Waals surface area contributed by atoms with Crippen molar-refractivity contribution in [1.82, 2.24) is 10.6 Å². The standard InChI is InChI=1S/C25H25FN2O7/c1-14(29)27-20(10-15-4-6-17(26)7-5-15)24(31)28-21(25(32)34-3)11-16-12-23(30)35-22-13-18(33-2)8-9-19(16)22/h4-9,12-13,20-21H,10-11H2,1-3H3,(H,27,29)(H,28,31)/t20-,21-/m0/s1. The Morgan fingerprint density at radius 2 is 1.69 bits per heavy atom. The molecular weight excluding hydrogens is 459 g/mol. The molecule has 0 saturated heterocycles. The lowest BCUT2D eigenvalue weighted by Crippen LogP contribution is -2.53. The second kappa shape index (κ2) is 11.3. The second-order valence-electron chi connectivity index (χ2n) is 7.82. The van der Waals surface area contributed by atoms with E-state index < -0.39 is 41.3 Å². The Bertz CT molecular complexity index is 1290. The zero-order chi connectivity index (χ0) is 25.5. The number of benzene rings is 2. The summed E-state index contributed by atoms with van der Waals surface area (Å²) in [5, 5.41) is 5.70. The van der Waals surface area contributed by atoms with Crippen molar-refractivity contribution in [3.63, 3.8) is 0 Å². The molecule has 0 aliphatic rings. The molecule has 1 aromatic heterocycles. The molecule has 2 amide bonds. The fourth-order valence-electron chi connectivity index (χ4n) is 3.64. The maximum Gasteiger partial charge on any atom is 0.336 e. The van der Waals surface area contributed by atoms with Crippen LogP contribution in [0.1, 0.15) is 18.1 Å². The highest BCUT2D eigenvalue weighted by Crippen LogP contribution is 2.23. The molecule has 0 aliphatic carbocycles. The minimum atomic E-state index is -1.16. The second-order valence-corrected chi connectivity index (χ2v) is 7.82. The lowest BCUT2D eigenvalue weighted by molar-refractivity contribution is -0.145. The molecule has 2 aromatic carbocycles. The van der Waals surface area contributed by atoms with Gasteiger partial charge in [-0.05, 0) is 35.4 Å². The molecule has 3 rings (SSSR count). The van der Waals surface area contributed by atoms with Crippen LogP contribution in [-0.2, 0) is 32.0 Å². The van der Waals surface area contributed by atoms with E-state index in [1.54, 1.807) is 18.2 Å². The molecule has 1 heterocycles. The molecule has 2 atom stereocenters. The smallest absolute Gasteiger partial charge is 0.336 e. The summed E-state index contributed by atoms with van der Waals surface area (Å²) in [5.41, 5.74) is 0.678. The zero-order valence-electron chi connectivity index (χ0n) is 19.4. The topological polar surface area (TPSA) is 124 Å². The first-order valence-electron chi connectivity index (χ1n) is 10.7. The van der Waals surface area contributed by atoms with Crippen molar-refractivity contribution < 1.29 is 32.7 Å². The number of hydrogen-bond donors (Lipinski definition) is 2. The number of amides is 2. The summed E-state index contributed by atoms with van der Waals surface area (Å²) in [6.45, 7) is 1.26. The van der Waals surface area contributed by atoms with Gasteiger partial charge in [0.25, 0.3) is 0 Å². The number of nitrogens with one attached hydrogen (secondary N) is 2. The van der Waals surface area contributed by atoms with Gasteiger partial charge in [0.15, 0.2) is 0 Å². The van der Waals surface area contributed by atoms with Crippen molar-refractivity contribution in [2.24, 2.45) is 0 Å². The average Bonchev–Trinajstić information content (AvgIpc) is 2.83. The van der Waals surface area contributed by atoms with Gasteiger partial charge in [-0.1, -0.05) is 12.1 Å². The molecule has 184 valence electrons. The molecule has 0 fully saturated rings. The van der Waals surface area contributed by atoms with Crippen LogP contribution >= 0.6 is 0 Å². The van der Waals surface area contributed by atoms with Crippen LogP contribution in [0, 0.1) is 5.82 Å². The fourth-order valence-corrected chi connectivity index (χ4v) is 3.64. The number of carbonyl (C=O) groups excluding carboxylic acids is 3. The number of halogens is 1. The number of methoxy groups -OCH3 is 2. The first-order chi connectivity index (χ1) is 16.7. The van der Waals surface area contributed by atoms with Gasteiger partial charge in [0, 0.05) is 37.3 Å². The van der Waals surface area contributed by atoms with Crippen LogP contribution in [0.2, 0.25) is 0 Å². The van der Waals surface area contributed by atoms with Gasteiger partial charge in [0.05, 0.1) is 14.2 Å². The van der Waals surface area contributed by atoms with E-state index in [1.165, 1.54) is 51.5 Å². The van der Waals surface area contributed by atoms with E-state index in [0.717, 1.165) is 0 Å². The Labute approximate surface area is 200 Å². The third kappa shape index (κ3) is 6.66. The van der Waals surface area contributed by atoms with Gasteiger partial charge in [-0.25, -0.2) is 14.0 Å². The van der Waals surface area contributed by atoms with E-state index in [4.69, 9.17) is 13.9 Å². The number of hydrogen-bond acceptors (Lipinski definition) is 7. The van der Waals surface area contributed by atoms with Gasteiger partial charge < -0.3 is 24.5 Å². The van der Waals surface area contributed by atoms with Gasteiger partial charge >= 0.3 is 11.6 Å². The summed E-state index contributed by atoms with van der Waals surface area (Å²) in [4.78, 5) is 49.4. The molecule has 0 radical (unpaired) electrons. The van der Waals surface area contributed by atoms with Gasteiger partial charge in [0.1, 0.15) is 29.2 Å². The average molecular weight is 484 g/mol. The predicted octanol–water partition coefficient (Wildman–Crippen LogP) is 1.89. The third-order valence-electron chi connectivity index (χ3n) is 5.31. The first kappa shape index (κ1) is 25.4. The third-order valence-corrected chi connectivity index (χ3v) is 5.31. The molecule has 3 aromatic rings. The van der Waals surface area contributed by atoms with Gasteiger partial charge in [0.2, 0.25) is 11.8 Å². The quantitative estimate of drug-likeness (QED) is 0.351. The number of fused-ring (bicyclic) bond motifs is 1. The van der Waals surface area contributed by atoms with Crippen molar-refractivity contribution in [3.8, 4) is 5.75 Å². The Morgan fingerprint density at radius 1 is 0.971 bits per heavy atom. The first-order valence-corrected chi connectivity index (χ1v) is 10.7. The number of esters is 1. The van der Waals surface area contributed by atoms with Crippen molar-refractivity contribution in [2.75, 3.05) is 14.2 Å². The highest BCUT2D eigenvalue weighted by molar-refractivity contribution is 5.91. The van der Waals surface area contributed by atoms with Crippen molar-refractivity contribution in [3.05, 3.63) is 75.9 Å². The Morgan fingerprint density at radius 3 is 2.31 bits per heavy atom. The van der Waals surface area contributed by atoms with Gasteiger partial charge in [-0.2, -0.15) is 0 Å². The van der Waals surface area contributed by atoms with Gasteiger partial charge in [-0.3, -0.25) is 9.59 Å². The fraction of sp³-hybridized carbons (Fsp3) is 0.280. The van der Waals surface area contributed by atoms with Crippen LogP contribution in [0.15, 0.2) is 57.7 Å². The van der Waals surface area contributed by atoms with Crippen LogP contribution in [0.5, 0.6) is 5.75 Å². The van der Waals surface area contributed by atoms with Gasteiger partial charge in [-0.15, -0.1) is 0 Å². The van der Waals surface area contributed by atoms with E-state index in [1.807, 2.05) is 0 Å². The lowest BCUT2D eigenvalue weighted by Gasteiger charge is -2.22. The zero-order valence-corrected chi connectivity index (χ0v) is 19.4. The molecule has 9 nitrogen and oxygen atoms in total. The highest BCUT2D eigenvalue weighted by atomic mass is 19.1. The number of carbonyl (C=O) groups is 3. The summed E-state index contributed by atoms with van der Waals surface area (Å²) >= 11 is 0. The molecule has 35 heavy (non-hydrogen) atoms. The van der Waals surface area contributed by atoms with Crippen LogP contribution in [0.3, 0.4) is 0 Å². The minimum absolute atomic E-state index is 0.0667. The van der Waals surface area contributed by atoms with E-state index in [2.05, 4.69) is 10.6 Å². The molecule has 0 unspecified atom stereocenters. The summed E-state index contributed by atoms with van der Waals surface area (Å²) in [5.74, 6) is -1.79. The molecule has 2 N–H and O–H groups in total. The Kier molecular flexibility index (Phi) is 8.19. The summed E-state index contributed by atoms with van der Waals surface area (Å²) in [6, 6.07) is 9.42. The van der Waals surface area contributed by atoms with E-state index in [-0.39, 0.29) is 18.4 Å². The van der Waals surface area contributed by atoms with Crippen LogP contribution in [-0.4, -0.2) is 44.1 Å². The molecule has 0 spiro atoms. The largest absolute Gasteiger partial charge is 0.497 e. The minimum Gasteiger partial charge on any atom is -0.497 e. The summed E-state index contributed by atoms with van der Waals surface area (Å²) in [7, 11) is 2.65. The van der Waals surface area contributed by atoms with E-state index in [0.29, 0.717) is 22.3 Å². The van der Waals surface area contributed by atoms with Crippen LogP contribution < -0.4 is 21.0 Å². The molecule has 10 heteroatoms. The molecule has 0 saturated carbocycles. The molecule has 0 aliphatic heterocycles. The Hall–Kier alpha value is -4.21. The maximum absolute atomic E-state index is 13.2. The Balaban J connectivity index is 1.88. The monoisotopic (exact) mass is 484 g/mol. The van der Waals surface area contributed by atoms with Crippen LogP contribution in [0.25, 0.3) is 11.0 Å². The van der Waals surface area contributed by atoms with Crippen molar-refractivity contribution in [2.45, 2.75) is 31.8 Å². The summed E-state index contributed by atoms with van der Waals surface area (Å²) < 4.78 is 28.5. The normalized spacial score (nSPS) is 12.5. The predicted molar refractivity (Wildman–Crippen MR) is 124 cm³/mol. The molecule has 0 bridgehead atoms. The van der Waals surface area contributed by atoms with Crippen molar-refractivity contribution in [1.29, 1.82) is 0 Å².